The molecule has 6 heteroatoms. The SMILES string of the molecule is CC(C)(C)N1C(=O)/C(=C\c2ccc(-c3ccc(Br)cc3)o2)SC1=S. The van der Waals surface area contributed by atoms with E-state index in [9.17, 15) is 4.79 Å². The molecular weight excluding hydrogens is 406 g/mol. The van der Waals surface area contributed by atoms with E-state index in [1.165, 1.54) is 11.8 Å². The Morgan fingerprint density at radius 3 is 2.42 bits per heavy atom. The van der Waals surface area contributed by atoms with Crippen LogP contribution in [-0.4, -0.2) is 20.7 Å². The van der Waals surface area contributed by atoms with Crippen molar-refractivity contribution in [2.75, 3.05) is 0 Å². The average Bonchev–Trinajstić information content (AvgIpc) is 3.05. The number of hydrogen-bond acceptors (Lipinski definition) is 4. The quantitative estimate of drug-likeness (QED) is 0.459. The monoisotopic (exact) mass is 421 g/mol. The molecule has 0 radical (unpaired) electrons. The highest BCUT2D eigenvalue weighted by molar-refractivity contribution is 9.10. The summed E-state index contributed by atoms with van der Waals surface area (Å²) >= 11 is 10.1. The summed E-state index contributed by atoms with van der Waals surface area (Å²) in [6.07, 6.45) is 1.76. The molecule has 1 aliphatic rings. The van der Waals surface area contributed by atoms with Gasteiger partial charge in [0.25, 0.3) is 5.91 Å². The van der Waals surface area contributed by atoms with Crippen LogP contribution in [0.2, 0.25) is 0 Å². The molecule has 3 rings (SSSR count). The third-order valence-corrected chi connectivity index (χ3v) is 5.32. The van der Waals surface area contributed by atoms with Gasteiger partial charge in [-0.2, -0.15) is 0 Å². The number of thioether (sulfide) groups is 1. The smallest absolute Gasteiger partial charge is 0.266 e. The maximum Gasteiger partial charge on any atom is 0.266 e. The third kappa shape index (κ3) is 3.50. The van der Waals surface area contributed by atoms with Gasteiger partial charge in [0.15, 0.2) is 0 Å². The zero-order chi connectivity index (χ0) is 17.5. The second kappa shape index (κ2) is 6.50. The number of thiocarbonyl (C=S) groups is 1. The van der Waals surface area contributed by atoms with Crippen LogP contribution < -0.4 is 0 Å². The molecule has 1 fully saturated rings. The molecular formula is C18H16BrNO2S2. The molecule has 0 N–H and O–H groups in total. The Balaban J connectivity index is 1.87. The summed E-state index contributed by atoms with van der Waals surface area (Å²) < 4.78 is 7.46. The molecule has 0 unspecified atom stereocenters. The van der Waals surface area contributed by atoms with Gasteiger partial charge in [-0.05, 0) is 45.0 Å². The van der Waals surface area contributed by atoms with Gasteiger partial charge in [-0.25, -0.2) is 0 Å². The van der Waals surface area contributed by atoms with Crippen LogP contribution in [0.25, 0.3) is 17.4 Å². The molecule has 1 aromatic carbocycles. The summed E-state index contributed by atoms with van der Waals surface area (Å²) in [5.74, 6) is 1.33. The van der Waals surface area contributed by atoms with Crippen LogP contribution in [0.1, 0.15) is 26.5 Å². The van der Waals surface area contributed by atoms with Gasteiger partial charge in [0.05, 0.1) is 4.91 Å². The molecule has 0 atom stereocenters. The van der Waals surface area contributed by atoms with Crippen molar-refractivity contribution >= 4 is 56.2 Å². The lowest BCUT2D eigenvalue weighted by atomic mass is 10.1. The van der Waals surface area contributed by atoms with Crippen LogP contribution in [0.15, 0.2) is 50.2 Å². The van der Waals surface area contributed by atoms with Crippen LogP contribution in [0.4, 0.5) is 0 Å². The van der Waals surface area contributed by atoms with E-state index in [0.717, 1.165) is 15.8 Å². The van der Waals surface area contributed by atoms with Gasteiger partial charge >= 0.3 is 0 Å². The van der Waals surface area contributed by atoms with Crippen LogP contribution in [-0.2, 0) is 4.79 Å². The van der Waals surface area contributed by atoms with Gasteiger partial charge in [0, 0.05) is 21.7 Å². The summed E-state index contributed by atoms with van der Waals surface area (Å²) in [4.78, 5) is 14.8. The fourth-order valence-corrected chi connectivity index (χ4v) is 4.26. The number of halogens is 1. The number of nitrogens with zero attached hydrogens (tertiary/aromatic N) is 1. The molecule has 1 aromatic heterocycles. The fraction of sp³-hybridized carbons (Fsp3) is 0.222. The van der Waals surface area contributed by atoms with Crippen LogP contribution in [0, 0.1) is 0 Å². The molecule has 0 spiro atoms. The summed E-state index contributed by atoms with van der Waals surface area (Å²) in [6, 6.07) is 11.6. The molecule has 1 saturated heterocycles. The molecule has 24 heavy (non-hydrogen) atoms. The molecule has 2 aromatic rings. The van der Waals surface area contributed by atoms with Crippen molar-refractivity contribution in [3.8, 4) is 11.3 Å². The first-order chi connectivity index (χ1) is 11.3. The Morgan fingerprint density at radius 2 is 1.83 bits per heavy atom. The molecule has 1 amide bonds. The maximum atomic E-state index is 12.6. The van der Waals surface area contributed by atoms with Gasteiger partial charge in [-0.3, -0.25) is 9.69 Å². The van der Waals surface area contributed by atoms with E-state index in [1.54, 1.807) is 11.0 Å². The van der Waals surface area contributed by atoms with Crippen LogP contribution in [0.3, 0.4) is 0 Å². The molecule has 3 nitrogen and oxygen atoms in total. The van der Waals surface area contributed by atoms with Crippen LogP contribution >= 0.6 is 39.9 Å². The Bertz CT molecular complexity index is 831. The Morgan fingerprint density at radius 1 is 1.17 bits per heavy atom. The minimum atomic E-state index is -0.331. The highest BCUT2D eigenvalue weighted by Gasteiger charge is 2.39. The van der Waals surface area contributed by atoms with Gasteiger partial charge in [-0.15, -0.1) is 0 Å². The predicted molar refractivity (Wildman–Crippen MR) is 107 cm³/mol. The predicted octanol–water partition coefficient (Wildman–Crippen LogP) is 5.71. The minimum absolute atomic E-state index is 0.0703. The van der Waals surface area contributed by atoms with Gasteiger partial charge in [0.2, 0.25) is 0 Å². The zero-order valence-corrected chi connectivity index (χ0v) is 16.7. The number of carbonyl (C=O) groups is 1. The lowest BCUT2D eigenvalue weighted by Gasteiger charge is -2.30. The Labute approximate surface area is 159 Å². The van der Waals surface area contributed by atoms with Crippen molar-refractivity contribution < 1.29 is 9.21 Å². The fourth-order valence-electron chi connectivity index (χ4n) is 2.38. The van der Waals surface area contributed by atoms with Crippen LogP contribution in [0.5, 0.6) is 0 Å². The van der Waals surface area contributed by atoms with Crippen molar-refractivity contribution in [3.63, 3.8) is 0 Å². The number of benzene rings is 1. The summed E-state index contributed by atoms with van der Waals surface area (Å²) in [5, 5.41) is 0. The lowest BCUT2D eigenvalue weighted by Crippen LogP contribution is -2.44. The van der Waals surface area contributed by atoms with E-state index >= 15 is 0 Å². The number of furan rings is 1. The zero-order valence-electron chi connectivity index (χ0n) is 13.5. The first-order valence-electron chi connectivity index (χ1n) is 7.39. The molecule has 0 saturated carbocycles. The third-order valence-electron chi connectivity index (χ3n) is 3.49. The van der Waals surface area contributed by atoms with E-state index in [4.69, 9.17) is 16.6 Å². The number of hydrogen-bond donors (Lipinski definition) is 0. The van der Waals surface area contributed by atoms with Gasteiger partial charge in [-0.1, -0.05) is 52.0 Å². The summed E-state index contributed by atoms with van der Waals surface area (Å²) in [6.45, 7) is 5.91. The standard InChI is InChI=1S/C18H16BrNO2S2/c1-18(2,3)20-16(21)15(24-17(20)23)10-13-8-9-14(22-13)11-4-6-12(19)7-5-11/h4-10H,1-3H3/b15-10+. The van der Waals surface area contributed by atoms with E-state index in [0.29, 0.717) is 15.0 Å². The topological polar surface area (TPSA) is 33.5 Å². The van der Waals surface area contributed by atoms with E-state index in [-0.39, 0.29) is 11.4 Å². The molecule has 0 aliphatic carbocycles. The number of carbonyl (C=O) groups excluding carboxylic acids is 1. The maximum absolute atomic E-state index is 12.6. The summed E-state index contributed by atoms with van der Waals surface area (Å²) in [5.41, 5.74) is 0.655. The molecule has 124 valence electrons. The first kappa shape index (κ1) is 17.5. The second-order valence-electron chi connectivity index (χ2n) is 6.40. The molecule has 2 heterocycles. The Kier molecular flexibility index (Phi) is 4.73. The summed E-state index contributed by atoms with van der Waals surface area (Å²) in [7, 11) is 0. The lowest BCUT2D eigenvalue weighted by molar-refractivity contribution is -0.125. The van der Waals surface area contributed by atoms with Crippen molar-refractivity contribution in [2.24, 2.45) is 0 Å². The highest BCUT2D eigenvalue weighted by atomic mass is 79.9. The average molecular weight is 422 g/mol. The molecule has 0 bridgehead atoms. The second-order valence-corrected chi connectivity index (χ2v) is 8.99. The van der Waals surface area contributed by atoms with Crippen molar-refractivity contribution in [1.82, 2.24) is 4.90 Å². The highest BCUT2D eigenvalue weighted by Crippen LogP contribution is 2.37. The number of rotatable bonds is 2. The normalized spacial score (nSPS) is 17.2. The van der Waals surface area contributed by atoms with Gasteiger partial charge < -0.3 is 4.42 Å². The first-order valence-corrected chi connectivity index (χ1v) is 9.41. The van der Waals surface area contributed by atoms with E-state index in [1.807, 2.05) is 57.2 Å². The molecule has 1 aliphatic heterocycles. The van der Waals surface area contributed by atoms with E-state index in [2.05, 4.69) is 15.9 Å². The minimum Gasteiger partial charge on any atom is -0.457 e. The van der Waals surface area contributed by atoms with Gasteiger partial charge in [0.1, 0.15) is 15.8 Å². The van der Waals surface area contributed by atoms with Crippen molar-refractivity contribution in [3.05, 3.63) is 51.5 Å². The largest absolute Gasteiger partial charge is 0.457 e. The van der Waals surface area contributed by atoms with Crippen molar-refractivity contribution in [2.45, 2.75) is 26.3 Å². The number of amides is 1. The van der Waals surface area contributed by atoms with E-state index < -0.39 is 0 Å². The Hall–Kier alpha value is -1.37. The van der Waals surface area contributed by atoms with Crippen molar-refractivity contribution in [1.29, 1.82) is 0 Å².